The van der Waals surface area contributed by atoms with Crippen LogP contribution in [0.2, 0.25) is 0 Å². The molecular weight excluding hydrogens is 490 g/mol. The van der Waals surface area contributed by atoms with E-state index in [0.29, 0.717) is 0 Å². The molecule has 1 heterocycles. The molecule has 0 saturated carbocycles. The summed E-state index contributed by atoms with van der Waals surface area (Å²) < 4.78 is 44.9. The van der Waals surface area contributed by atoms with E-state index in [2.05, 4.69) is 4.74 Å². The molecule has 0 amide bonds. The van der Waals surface area contributed by atoms with Crippen LogP contribution in [0.5, 0.6) is 51.7 Å². The zero-order valence-corrected chi connectivity index (χ0v) is 18.2. The number of aromatic hydroxyl groups is 7. The maximum Gasteiger partial charge on any atom is 0.344 e. The monoisotopic (exact) mass is 508 g/mol. The second-order valence-electron chi connectivity index (χ2n) is 7.77. The largest absolute Gasteiger partial charge is 0.508 e. The number of benzene rings is 3. The van der Waals surface area contributed by atoms with Gasteiger partial charge in [-0.2, -0.15) is 0 Å². The van der Waals surface area contributed by atoms with Crippen LogP contribution in [0.3, 0.4) is 0 Å². The maximum absolute atomic E-state index is 14.8. The standard InChI is InChI=1S/C23H18F2O11/c1-34-22-17(25)15(16(24)19(31)20(22)32)23(33)36-14-6-9-10(27)4-8(26)5-13(9)35-21(14)7-2-11(28)18(30)12(29)3-7/h2-5,14,21,26-32H,6H2,1H3/t14?,21-/m1/s1. The van der Waals surface area contributed by atoms with E-state index in [1.807, 2.05) is 0 Å². The lowest BCUT2D eigenvalue weighted by Crippen LogP contribution is -2.35. The normalized spacial score (nSPS) is 16.6. The van der Waals surface area contributed by atoms with Crippen molar-refractivity contribution in [3.05, 3.63) is 52.6 Å². The van der Waals surface area contributed by atoms with Crippen LogP contribution in [0.4, 0.5) is 8.78 Å². The second-order valence-corrected chi connectivity index (χ2v) is 7.77. The number of fused-ring (bicyclic) bond motifs is 1. The smallest absolute Gasteiger partial charge is 0.344 e. The predicted molar refractivity (Wildman–Crippen MR) is 114 cm³/mol. The number of rotatable bonds is 4. The maximum atomic E-state index is 14.8. The van der Waals surface area contributed by atoms with Gasteiger partial charge in [-0.25, -0.2) is 13.6 Å². The quantitative estimate of drug-likeness (QED) is 0.203. The van der Waals surface area contributed by atoms with E-state index in [9.17, 15) is 49.3 Å². The Balaban J connectivity index is 1.80. The minimum absolute atomic E-state index is 0.0427. The van der Waals surface area contributed by atoms with Crippen molar-refractivity contribution in [3.63, 3.8) is 0 Å². The van der Waals surface area contributed by atoms with Crippen LogP contribution in [0.25, 0.3) is 0 Å². The Morgan fingerprint density at radius 1 is 0.889 bits per heavy atom. The summed E-state index contributed by atoms with van der Waals surface area (Å²) in [5.74, 6) is -12.2. The van der Waals surface area contributed by atoms with Crippen molar-refractivity contribution < 1.29 is 63.5 Å². The number of halogens is 2. The molecule has 0 fully saturated rings. The second kappa shape index (κ2) is 8.76. The minimum Gasteiger partial charge on any atom is -0.508 e. The van der Waals surface area contributed by atoms with Gasteiger partial charge in [0.1, 0.15) is 28.9 Å². The van der Waals surface area contributed by atoms with Gasteiger partial charge >= 0.3 is 5.97 Å². The van der Waals surface area contributed by atoms with E-state index in [1.54, 1.807) is 0 Å². The van der Waals surface area contributed by atoms with Crippen molar-refractivity contribution >= 4 is 5.97 Å². The molecule has 3 aromatic carbocycles. The van der Waals surface area contributed by atoms with Crippen LogP contribution in [-0.2, 0) is 11.2 Å². The molecule has 13 heteroatoms. The van der Waals surface area contributed by atoms with Gasteiger partial charge < -0.3 is 50.0 Å². The van der Waals surface area contributed by atoms with Crippen molar-refractivity contribution in [3.8, 4) is 51.7 Å². The Bertz CT molecular complexity index is 1370. The average molecular weight is 508 g/mol. The first-order valence-electron chi connectivity index (χ1n) is 10.1. The lowest BCUT2D eigenvalue weighted by molar-refractivity contribution is -0.0197. The van der Waals surface area contributed by atoms with Gasteiger partial charge in [0.15, 0.2) is 40.7 Å². The highest BCUT2D eigenvalue weighted by molar-refractivity contribution is 5.92. The number of phenols is 7. The van der Waals surface area contributed by atoms with Gasteiger partial charge in [0.2, 0.25) is 11.5 Å². The number of hydrogen-bond acceptors (Lipinski definition) is 11. The molecule has 0 bridgehead atoms. The van der Waals surface area contributed by atoms with E-state index >= 15 is 0 Å². The molecule has 0 aromatic heterocycles. The van der Waals surface area contributed by atoms with E-state index in [4.69, 9.17) is 9.47 Å². The molecule has 2 atom stereocenters. The topological polar surface area (TPSA) is 186 Å². The average Bonchev–Trinajstić information content (AvgIpc) is 2.81. The van der Waals surface area contributed by atoms with E-state index in [0.717, 1.165) is 31.4 Å². The van der Waals surface area contributed by atoms with Crippen molar-refractivity contribution in [1.82, 2.24) is 0 Å². The SMILES string of the molecule is COc1c(O)c(O)c(F)c(C(=O)OC2Cc3c(O)cc(O)cc3O[C@@H]2c2cc(O)c(O)c(O)c2)c1F. The molecule has 0 aliphatic carbocycles. The lowest BCUT2D eigenvalue weighted by Gasteiger charge is -2.34. The zero-order valence-electron chi connectivity index (χ0n) is 18.2. The third kappa shape index (κ3) is 3.89. The number of ether oxygens (including phenoxy) is 3. The van der Waals surface area contributed by atoms with Crippen molar-refractivity contribution in [2.75, 3.05) is 7.11 Å². The van der Waals surface area contributed by atoms with E-state index < -0.39 is 75.6 Å². The van der Waals surface area contributed by atoms with Crippen molar-refractivity contribution in [2.45, 2.75) is 18.6 Å². The van der Waals surface area contributed by atoms with Gasteiger partial charge in [-0.05, 0) is 12.1 Å². The Kier molecular flexibility index (Phi) is 5.92. The summed E-state index contributed by atoms with van der Waals surface area (Å²) in [4.78, 5) is 12.9. The fraction of sp³-hybridized carbons (Fsp3) is 0.174. The van der Waals surface area contributed by atoms with Gasteiger partial charge in [0, 0.05) is 29.7 Å². The number of methoxy groups -OCH3 is 1. The van der Waals surface area contributed by atoms with Crippen LogP contribution < -0.4 is 9.47 Å². The Morgan fingerprint density at radius 3 is 2.14 bits per heavy atom. The van der Waals surface area contributed by atoms with Gasteiger partial charge in [-0.1, -0.05) is 0 Å². The van der Waals surface area contributed by atoms with Gasteiger partial charge in [-0.15, -0.1) is 0 Å². The number of carbonyl (C=O) groups excluding carboxylic acids is 1. The first-order chi connectivity index (χ1) is 16.9. The van der Waals surface area contributed by atoms with Crippen molar-refractivity contribution in [1.29, 1.82) is 0 Å². The van der Waals surface area contributed by atoms with Crippen LogP contribution in [0.1, 0.15) is 27.6 Å². The zero-order chi connectivity index (χ0) is 26.5. The molecule has 0 saturated heterocycles. The van der Waals surface area contributed by atoms with E-state index in [-0.39, 0.29) is 29.0 Å². The van der Waals surface area contributed by atoms with Crippen LogP contribution in [0.15, 0.2) is 24.3 Å². The molecule has 1 unspecified atom stereocenters. The van der Waals surface area contributed by atoms with Gasteiger partial charge in [-0.3, -0.25) is 0 Å². The van der Waals surface area contributed by atoms with Crippen molar-refractivity contribution in [2.24, 2.45) is 0 Å². The Labute approximate surface area is 200 Å². The van der Waals surface area contributed by atoms with Crippen LogP contribution in [-0.4, -0.2) is 54.9 Å². The summed E-state index contributed by atoms with van der Waals surface area (Å²) in [6, 6.07) is 4.03. The summed E-state index contributed by atoms with van der Waals surface area (Å²) in [6.45, 7) is 0. The lowest BCUT2D eigenvalue weighted by atomic mass is 9.93. The molecule has 0 spiro atoms. The fourth-order valence-corrected chi connectivity index (χ4v) is 3.83. The molecule has 7 N–H and O–H groups in total. The molecule has 4 rings (SSSR count). The number of carbonyl (C=O) groups is 1. The van der Waals surface area contributed by atoms with Crippen LogP contribution >= 0.6 is 0 Å². The molecule has 0 radical (unpaired) electrons. The summed E-state index contributed by atoms with van der Waals surface area (Å²) in [5.41, 5.74) is -1.43. The highest BCUT2D eigenvalue weighted by Gasteiger charge is 2.39. The summed E-state index contributed by atoms with van der Waals surface area (Å²) >= 11 is 0. The molecular formula is C23H18F2O11. The molecule has 1 aliphatic rings. The predicted octanol–water partition coefficient (Wildman–Crippen LogP) is 2.81. The highest BCUT2D eigenvalue weighted by atomic mass is 19.1. The van der Waals surface area contributed by atoms with Gasteiger partial charge in [0.05, 0.1) is 7.11 Å². The first kappa shape index (κ1) is 24.3. The number of hydrogen-bond donors (Lipinski definition) is 7. The minimum atomic E-state index is -1.84. The first-order valence-corrected chi connectivity index (χ1v) is 10.1. The number of phenolic OH excluding ortho intramolecular Hbond substituents is 7. The molecule has 190 valence electrons. The third-order valence-corrected chi connectivity index (χ3v) is 5.54. The molecule has 1 aliphatic heterocycles. The number of esters is 1. The molecule has 36 heavy (non-hydrogen) atoms. The molecule has 11 nitrogen and oxygen atoms in total. The summed E-state index contributed by atoms with van der Waals surface area (Å²) in [5, 5.41) is 68.9. The third-order valence-electron chi connectivity index (χ3n) is 5.54. The fourth-order valence-electron chi connectivity index (χ4n) is 3.83. The summed E-state index contributed by atoms with van der Waals surface area (Å²) in [7, 11) is 0.897. The Morgan fingerprint density at radius 2 is 1.53 bits per heavy atom. The van der Waals surface area contributed by atoms with Crippen LogP contribution in [0, 0.1) is 11.6 Å². The Hall–Kier alpha value is -4.81. The summed E-state index contributed by atoms with van der Waals surface area (Å²) in [6.07, 6.45) is -3.23. The highest BCUT2D eigenvalue weighted by Crippen LogP contribution is 2.47. The molecule has 3 aromatic rings. The van der Waals surface area contributed by atoms with E-state index in [1.165, 1.54) is 0 Å². The van der Waals surface area contributed by atoms with Gasteiger partial charge in [0.25, 0.3) is 0 Å².